The Balaban J connectivity index is 0.732. The van der Waals surface area contributed by atoms with Gasteiger partial charge in [-0.2, -0.15) is 5.10 Å². The van der Waals surface area contributed by atoms with Crippen molar-refractivity contribution in [2.75, 3.05) is 31.1 Å². The molecule has 4 amide bonds. The fourth-order valence-electron chi connectivity index (χ4n) is 8.65. The highest BCUT2D eigenvalue weighted by Gasteiger charge is 2.45. The predicted octanol–water partition coefficient (Wildman–Crippen LogP) is 8.21. The Labute approximate surface area is 354 Å². The van der Waals surface area contributed by atoms with Crippen LogP contribution >= 0.6 is 11.8 Å². The van der Waals surface area contributed by atoms with Crippen LogP contribution in [-0.2, 0) is 9.59 Å². The molecule has 0 saturated carbocycles. The number of nitrogen functional groups attached to an aromatic ring is 1. The number of nitrogens with zero attached hydrogens (tertiary/aromatic N) is 6. The van der Waals surface area contributed by atoms with Crippen LogP contribution in [0.15, 0.2) is 84.0 Å². The number of aromatic nitrogens is 4. The molecule has 312 valence electrons. The molecule has 0 bridgehead atoms. The number of benzene rings is 3. The Morgan fingerprint density at radius 3 is 2.28 bits per heavy atom. The van der Waals surface area contributed by atoms with E-state index in [2.05, 4.69) is 24.9 Å². The number of fused-ring (bicyclic) bond motifs is 2. The first kappa shape index (κ1) is 41.1. The highest BCUT2D eigenvalue weighted by atomic mass is 32.2. The van der Waals surface area contributed by atoms with Gasteiger partial charge in [0.25, 0.3) is 11.8 Å². The van der Waals surface area contributed by atoms with Crippen molar-refractivity contribution in [1.82, 2.24) is 34.9 Å². The number of ether oxygens (including phenoxy) is 1. The van der Waals surface area contributed by atoms with Gasteiger partial charge < -0.3 is 15.4 Å². The summed E-state index contributed by atoms with van der Waals surface area (Å²) in [6.45, 7) is 3.12. The molecule has 5 aromatic rings. The van der Waals surface area contributed by atoms with Crippen molar-refractivity contribution in [3.63, 3.8) is 0 Å². The lowest BCUT2D eigenvalue weighted by molar-refractivity contribution is -0.136. The summed E-state index contributed by atoms with van der Waals surface area (Å²) in [6.07, 6.45) is 14.6. The van der Waals surface area contributed by atoms with Crippen LogP contribution in [0.5, 0.6) is 11.5 Å². The van der Waals surface area contributed by atoms with E-state index in [1.54, 1.807) is 23.9 Å². The average molecular weight is 829 g/mol. The quantitative estimate of drug-likeness (QED) is 0.0497. The number of amides is 4. The van der Waals surface area contributed by atoms with Crippen molar-refractivity contribution < 1.29 is 23.9 Å². The molecule has 14 heteroatoms. The number of rotatable bonds is 18. The van der Waals surface area contributed by atoms with E-state index in [-0.39, 0.29) is 24.8 Å². The molecule has 0 spiro atoms. The van der Waals surface area contributed by atoms with E-state index in [0.717, 1.165) is 94.7 Å². The summed E-state index contributed by atoms with van der Waals surface area (Å²) in [7, 11) is 0. The molecular formula is C46H52N8O5S. The molecular weight excluding hydrogens is 777 g/mol. The zero-order valence-electron chi connectivity index (χ0n) is 33.9. The molecule has 2 aromatic heterocycles. The monoisotopic (exact) mass is 828 g/mol. The van der Waals surface area contributed by atoms with E-state index < -0.39 is 23.8 Å². The minimum absolute atomic E-state index is 0.108. The number of thioether (sulfide) groups is 1. The first-order valence-electron chi connectivity index (χ1n) is 21.4. The van der Waals surface area contributed by atoms with Crippen LogP contribution < -0.4 is 15.8 Å². The standard InChI is InChI=1S/C46H52N8O5S/c47-42-40-41(31-20-22-34(23-21-31)59-33-16-9-8-10-17-33)51-54(43(40)49-30-48-42)32-15-14-27-52(29-32)26-11-6-4-2-1-3-5-7-12-28-60-37-19-13-18-35-39(37)46(58)53(45(35)57)36-24-25-38(55)50-44(36)56/h8-10,13,16-23,30,32,36H,1-7,11-12,14-15,24-29H2,(H2,47,48,49)(H,50,55,56)/t32-,36?/m1/s1. The highest BCUT2D eigenvalue weighted by molar-refractivity contribution is 7.99. The maximum atomic E-state index is 13.3. The number of unbranched alkanes of at least 4 members (excludes halogenated alkanes) is 8. The predicted molar refractivity (Wildman–Crippen MR) is 232 cm³/mol. The molecule has 2 atom stereocenters. The minimum Gasteiger partial charge on any atom is -0.457 e. The number of imide groups is 2. The molecule has 2 fully saturated rings. The van der Waals surface area contributed by atoms with Gasteiger partial charge >= 0.3 is 0 Å². The zero-order chi connectivity index (χ0) is 41.4. The first-order chi connectivity index (χ1) is 29.4. The van der Waals surface area contributed by atoms with Gasteiger partial charge in [-0.1, -0.05) is 69.2 Å². The second-order valence-corrected chi connectivity index (χ2v) is 17.1. The molecule has 3 aliphatic rings. The van der Waals surface area contributed by atoms with E-state index in [4.69, 9.17) is 15.6 Å². The Morgan fingerprint density at radius 2 is 1.52 bits per heavy atom. The van der Waals surface area contributed by atoms with Gasteiger partial charge in [0.15, 0.2) is 5.65 Å². The summed E-state index contributed by atoms with van der Waals surface area (Å²) in [5.41, 5.74) is 9.67. The Bertz CT molecular complexity index is 2330. The topological polar surface area (TPSA) is 166 Å². The number of nitrogens with one attached hydrogen (secondary N) is 1. The maximum absolute atomic E-state index is 13.3. The third kappa shape index (κ3) is 9.24. The minimum atomic E-state index is -0.949. The Kier molecular flexibility index (Phi) is 13.2. The van der Waals surface area contributed by atoms with Crippen molar-refractivity contribution in [1.29, 1.82) is 0 Å². The third-order valence-electron chi connectivity index (χ3n) is 11.8. The summed E-state index contributed by atoms with van der Waals surface area (Å²) in [6, 6.07) is 22.2. The fraction of sp³-hybridized carbons (Fsp3) is 0.413. The van der Waals surface area contributed by atoms with Crippen LogP contribution in [0.4, 0.5) is 5.82 Å². The smallest absolute Gasteiger partial charge is 0.263 e. The molecule has 1 unspecified atom stereocenters. The van der Waals surface area contributed by atoms with Crippen LogP contribution in [0.2, 0.25) is 0 Å². The molecule has 3 aliphatic heterocycles. The van der Waals surface area contributed by atoms with E-state index in [1.807, 2.05) is 60.7 Å². The van der Waals surface area contributed by atoms with Crippen LogP contribution in [0.3, 0.4) is 0 Å². The summed E-state index contributed by atoms with van der Waals surface area (Å²) >= 11 is 1.59. The van der Waals surface area contributed by atoms with Gasteiger partial charge in [0.05, 0.1) is 22.6 Å². The van der Waals surface area contributed by atoms with Crippen molar-refractivity contribution in [3.8, 4) is 22.8 Å². The number of hydrogen-bond donors (Lipinski definition) is 2. The van der Waals surface area contributed by atoms with E-state index in [1.165, 1.54) is 51.3 Å². The number of carbonyl (C=O) groups excluding carboxylic acids is 4. The first-order valence-corrected chi connectivity index (χ1v) is 22.4. The van der Waals surface area contributed by atoms with Gasteiger partial charge in [-0.05, 0) is 99.5 Å². The molecule has 13 nitrogen and oxygen atoms in total. The fourth-order valence-corrected chi connectivity index (χ4v) is 9.74. The second-order valence-electron chi connectivity index (χ2n) is 15.9. The number of carbonyl (C=O) groups is 4. The highest BCUT2D eigenvalue weighted by Crippen LogP contribution is 2.37. The summed E-state index contributed by atoms with van der Waals surface area (Å²) in [4.78, 5) is 63.9. The lowest BCUT2D eigenvalue weighted by Crippen LogP contribution is -2.54. The van der Waals surface area contributed by atoms with Crippen LogP contribution in [0, 0.1) is 0 Å². The molecule has 3 N–H and O–H groups in total. The van der Waals surface area contributed by atoms with Crippen LogP contribution in [0.1, 0.15) is 110 Å². The molecule has 2 saturated heterocycles. The molecule has 8 rings (SSSR count). The van der Waals surface area contributed by atoms with E-state index in [0.29, 0.717) is 16.9 Å². The molecule has 3 aromatic carbocycles. The van der Waals surface area contributed by atoms with Crippen LogP contribution in [0.25, 0.3) is 22.3 Å². The maximum Gasteiger partial charge on any atom is 0.263 e. The van der Waals surface area contributed by atoms with Gasteiger partial charge in [0.1, 0.15) is 35.4 Å². The van der Waals surface area contributed by atoms with E-state index in [9.17, 15) is 19.2 Å². The van der Waals surface area contributed by atoms with Crippen molar-refractivity contribution in [2.45, 2.75) is 100 Å². The Hall–Kier alpha value is -5.60. The average Bonchev–Trinajstić information content (AvgIpc) is 3.78. The second kappa shape index (κ2) is 19.2. The SMILES string of the molecule is Nc1ncnc2c1c(-c1ccc(Oc3ccccc3)cc1)nn2[C@@H]1CCCN(CCCCCCCCCCCSc2cccc3c2C(=O)N(C2CCC(=O)NC2=O)C3=O)C1. The molecule has 5 heterocycles. The lowest BCUT2D eigenvalue weighted by Gasteiger charge is -2.33. The summed E-state index contributed by atoms with van der Waals surface area (Å²) in [5.74, 6) is 0.955. The van der Waals surface area contributed by atoms with Crippen molar-refractivity contribution in [2.24, 2.45) is 0 Å². The van der Waals surface area contributed by atoms with Gasteiger partial charge in [-0.3, -0.25) is 29.4 Å². The van der Waals surface area contributed by atoms with Gasteiger partial charge in [-0.15, -0.1) is 11.8 Å². The summed E-state index contributed by atoms with van der Waals surface area (Å²) < 4.78 is 8.09. The van der Waals surface area contributed by atoms with Crippen molar-refractivity contribution in [3.05, 3.63) is 90.3 Å². The lowest BCUT2D eigenvalue weighted by atomic mass is 10.0. The zero-order valence-corrected chi connectivity index (χ0v) is 34.7. The van der Waals surface area contributed by atoms with Crippen LogP contribution in [-0.4, -0.2) is 84.6 Å². The van der Waals surface area contributed by atoms with Gasteiger partial charge in [-0.25, -0.2) is 14.6 Å². The normalized spacial score (nSPS) is 18.3. The number of piperidine rings is 2. The molecule has 60 heavy (non-hydrogen) atoms. The summed E-state index contributed by atoms with van der Waals surface area (Å²) in [5, 5.41) is 8.17. The number of para-hydroxylation sites is 1. The number of anilines is 1. The molecule has 0 aliphatic carbocycles. The van der Waals surface area contributed by atoms with Crippen molar-refractivity contribution >= 4 is 52.2 Å². The number of hydrogen-bond acceptors (Lipinski definition) is 11. The van der Waals surface area contributed by atoms with Gasteiger partial charge in [0.2, 0.25) is 11.8 Å². The number of nitrogens with two attached hydrogens (primary N) is 1. The number of likely N-dealkylation sites (tertiary alicyclic amines) is 1. The van der Waals surface area contributed by atoms with Gasteiger partial charge in [0, 0.05) is 23.4 Å². The van der Waals surface area contributed by atoms with E-state index >= 15 is 0 Å². The molecule has 0 radical (unpaired) electrons. The Morgan fingerprint density at radius 1 is 0.783 bits per heavy atom. The largest absolute Gasteiger partial charge is 0.457 e. The third-order valence-corrected chi connectivity index (χ3v) is 12.9.